The van der Waals surface area contributed by atoms with Crippen molar-refractivity contribution in [3.63, 3.8) is 0 Å². The second-order valence-corrected chi connectivity index (χ2v) is 5.57. The first-order valence-electron chi connectivity index (χ1n) is 7.49. The summed E-state index contributed by atoms with van der Waals surface area (Å²) < 4.78 is 11.1. The van der Waals surface area contributed by atoms with E-state index in [1.165, 1.54) is 0 Å². The van der Waals surface area contributed by atoms with Gasteiger partial charge in [0, 0.05) is 12.3 Å². The average molecular weight is 312 g/mol. The molecule has 2 rings (SSSR count). The Balaban J connectivity index is 2.10. The molecule has 0 saturated heterocycles. The van der Waals surface area contributed by atoms with Gasteiger partial charge in [-0.1, -0.05) is 11.6 Å². The fourth-order valence-corrected chi connectivity index (χ4v) is 2.99. The van der Waals surface area contributed by atoms with Crippen LogP contribution in [-0.2, 0) is 9.53 Å². The lowest BCUT2D eigenvalue weighted by molar-refractivity contribution is -0.140. The maximum atomic E-state index is 12.5. The summed E-state index contributed by atoms with van der Waals surface area (Å²) in [5, 5.41) is 3.41. The quantitative estimate of drug-likeness (QED) is 0.863. The molecule has 1 aliphatic rings. The van der Waals surface area contributed by atoms with E-state index in [0.717, 1.165) is 25.7 Å². The van der Waals surface area contributed by atoms with Crippen molar-refractivity contribution < 1.29 is 14.3 Å². The van der Waals surface area contributed by atoms with Gasteiger partial charge in [0.05, 0.1) is 11.6 Å². The monoisotopic (exact) mass is 311 g/mol. The van der Waals surface area contributed by atoms with Crippen LogP contribution in [0, 0.1) is 0 Å². The van der Waals surface area contributed by atoms with E-state index in [4.69, 9.17) is 21.1 Å². The zero-order chi connectivity index (χ0) is 15.3. The molecule has 0 aromatic heterocycles. The largest absolute Gasteiger partial charge is 0.492 e. The summed E-state index contributed by atoms with van der Waals surface area (Å²) in [6.07, 6.45) is 3.60. The fourth-order valence-electron chi connectivity index (χ4n) is 2.76. The van der Waals surface area contributed by atoms with E-state index in [0.29, 0.717) is 29.7 Å². The van der Waals surface area contributed by atoms with Gasteiger partial charge in [0.15, 0.2) is 0 Å². The first-order valence-corrected chi connectivity index (χ1v) is 7.87. The molecule has 0 heterocycles. The summed E-state index contributed by atoms with van der Waals surface area (Å²) in [5.41, 5.74) is -0.0146. The predicted octanol–water partition coefficient (Wildman–Crippen LogP) is 4.03. The van der Waals surface area contributed by atoms with Crippen LogP contribution in [0.1, 0.15) is 39.5 Å². The number of benzene rings is 1. The molecule has 0 bridgehead atoms. The molecule has 0 unspecified atom stereocenters. The molecule has 5 heteroatoms. The number of hydrogen-bond donors (Lipinski definition) is 1. The Kier molecular flexibility index (Phi) is 5.48. The van der Waals surface area contributed by atoms with Gasteiger partial charge in [-0.2, -0.15) is 0 Å². The lowest BCUT2D eigenvalue weighted by Gasteiger charge is -2.27. The smallest absolute Gasteiger partial charge is 0.256 e. The molecule has 1 aliphatic carbocycles. The number of carbonyl (C=O) groups is 1. The molecule has 1 N–H and O–H groups in total. The van der Waals surface area contributed by atoms with Gasteiger partial charge >= 0.3 is 0 Å². The standard InChI is InChI=1S/C16H22ClNO3/c1-3-20-14-8-7-12(11-13(14)17)18-15(19)16(21-4-2)9-5-6-10-16/h7-8,11H,3-6,9-10H2,1-2H3,(H,18,19). The highest BCUT2D eigenvalue weighted by Gasteiger charge is 2.41. The van der Waals surface area contributed by atoms with E-state index in [1.54, 1.807) is 18.2 Å². The van der Waals surface area contributed by atoms with Gasteiger partial charge in [-0.15, -0.1) is 0 Å². The number of rotatable bonds is 6. The van der Waals surface area contributed by atoms with Gasteiger partial charge in [0.25, 0.3) is 5.91 Å². The Labute approximate surface area is 130 Å². The van der Waals surface area contributed by atoms with Gasteiger partial charge < -0.3 is 14.8 Å². The maximum Gasteiger partial charge on any atom is 0.256 e. The van der Waals surface area contributed by atoms with Crippen molar-refractivity contribution in [1.29, 1.82) is 0 Å². The van der Waals surface area contributed by atoms with E-state index in [-0.39, 0.29) is 5.91 Å². The van der Waals surface area contributed by atoms with Crippen LogP contribution in [0.3, 0.4) is 0 Å². The Bertz CT molecular complexity index is 498. The molecule has 1 aromatic carbocycles. The minimum Gasteiger partial charge on any atom is -0.492 e. The molecule has 1 fully saturated rings. The van der Waals surface area contributed by atoms with Crippen LogP contribution >= 0.6 is 11.6 Å². The second-order valence-electron chi connectivity index (χ2n) is 5.17. The van der Waals surface area contributed by atoms with Crippen LogP contribution in [0.5, 0.6) is 5.75 Å². The third-order valence-electron chi connectivity index (χ3n) is 3.74. The van der Waals surface area contributed by atoms with Crippen LogP contribution < -0.4 is 10.1 Å². The molecule has 21 heavy (non-hydrogen) atoms. The third-order valence-corrected chi connectivity index (χ3v) is 4.03. The number of halogens is 1. The Morgan fingerprint density at radius 2 is 2.00 bits per heavy atom. The second kappa shape index (κ2) is 7.14. The Hall–Kier alpha value is -1.26. The number of carbonyl (C=O) groups excluding carboxylic acids is 1. The third kappa shape index (κ3) is 3.69. The average Bonchev–Trinajstić information content (AvgIpc) is 2.92. The minimum atomic E-state index is -0.681. The van der Waals surface area contributed by atoms with Crippen LogP contribution in [0.15, 0.2) is 18.2 Å². The number of amides is 1. The van der Waals surface area contributed by atoms with Crippen molar-refractivity contribution in [2.24, 2.45) is 0 Å². The number of anilines is 1. The molecule has 116 valence electrons. The van der Waals surface area contributed by atoms with Crippen LogP contribution in [0.4, 0.5) is 5.69 Å². The highest BCUT2D eigenvalue weighted by atomic mass is 35.5. The molecule has 1 aromatic rings. The van der Waals surface area contributed by atoms with E-state index < -0.39 is 5.60 Å². The molecule has 0 radical (unpaired) electrons. The SMILES string of the molecule is CCOc1ccc(NC(=O)C2(OCC)CCCC2)cc1Cl. The fraction of sp³-hybridized carbons (Fsp3) is 0.562. The summed E-state index contributed by atoms with van der Waals surface area (Å²) in [4.78, 5) is 12.5. The molecule has 0 spiro atoms. The topological polar surface area (TPSA) is 47.6 Å². The van der Waals surface area contributed by atoms with Crippen molar-refractivity contribution in [2.75, 3.05) is 18.5 Å². The Morgan fingerprint density at radius 1 is 1.29 bits per heavy atom. The normalized spacial score (nSPS) is 16.7. The molecule has 0 atom stereocenters. The van der Waals surface area contributed by atoms with E-state index in [2.05, 4.69) is 5.32 Å². The van der Waals surface area contributed by atoms with Crippen molar-refractivity contribution in [2.45, 2.75) is 45.1 Å². The van der Waals surface area contributed by atoms with Crippen LogP contribution in [-0.4, -0.2) is 24.7 Å². The molecule has 0 aliphatic heterocycles. The van der Waals surface area contributed by atoms with E-state index >= 15 is 0 Å². The van der Waals surface area contributed by atoms with Crippen LogP contribution in [0.25, 0.3) is 0 Å². The van der Waals surface area contributed by atoms with Crippen molar-refractivity contribution >= 4 is 23.2 Å². The van der Waals surface area contributed by atoms with Gasteiger partial charge in [-0.05, 0) is 57.7 Å². The maximum absolute atomic E-state index is 12.5. The van der Waals surface area contributed by atoms with E-state index in [1.807, 2.05) is 13.8 Å². The summed E-state index contributed by atoms with van der Waals surface area (Å²) in [7, 11) is 0. The first-order chi connectivity index (χ1) is 10.1. The molecule has 1 amide bonds. The zero-order valence-corrected chi connectivity index (χ0v) is 13.3. The summed E-state index contributed by atoms with van der Waals surface area (Å²) >= 11 is 6.14. The molecular formula is C16H22ClNO3. The van der Waals surface area contributed by atoms with Crippen molar-refractivity contribution in [1.82, 2.24) is 0 Å². The van der Waals surface area contributed by atoms with Crippen molar-refractivity contribution in [3.8, 4) is 5.75 Å². The molecule has 1 saturated carbocycles. The summed E-state index contributed by atoms with van der Waals surface area (Å²) in [5.74, 6) is 0.541. The number of ether oxygens (including phenoxy) is 2. The number of nitrogens with one attached hydrogen (secondary N) is 1. The van der Waals surface area contributed by atoms with Gasteiger partial charge in [-0.25, -0.2) is 0 Å². The van der Waals surface area contributed by atoms with Crippen LogP contribution in [0.2, 0.25) is 5.02 Å². The first kappa shape index (κ1) is 16.1. The zero-order valence-electron chi connectivity index (χ0n) is 12.6. The summed E-state index contributed by atoms with van der Waals surface area (Å²) in [6, 6.07) is 5.27. The van der Waals surface area contributed by atoms with Gasteiger partial charge in [0.2, 0.25) is 0 Å². The highest BCUT2D eigenvalue weighted by Crippen LogP contribution is 2.35. The Morgan fingerprint density at radius 3 is 2.57 bits per heavy atom. The van der Waals surface area contributed by atoms with Gasteiger partial charge in [-0.3, -0.25) is 4.79 Å². The molecule has 4 nitrogen and oxygen atoms in total. The lowest BCUT2D eigenvalue weighted by Crippen LogP contribution is -2.43. The summed E-state index contributed by atoms with van der Waals surface area (Å²) in [6.45, 7) is 4.91. The number of hydrogen-bond acceptors (Lipinski definition) is 3. The minimum absolute atomic E-state index is 0.0814. The van der Waals surface area contributed by atoms with E-state index in [9.17, 15) is 4.79 Å². The predicted molar refractivity (Wildman–Crippen MR) is 84.1 cm³/mol. The van der Waals surface area contributed by atoms with Crippen molar-refractivity contribution in [3.05, 3.63) is 23.2 Å². The van der Waals surface area contributed by atoms with Gasteiger partial charge in [0.1, 0.15) is 11.4 Å². The molecular weight excluding hydrogens is 290 g/mol. The highest BCUT2D eigenvalue weighted by molar-refractivity contribution is 6.32. The lowest BCUT2D eigenvalue weighted by atomic mass is 10.0.